The second-order valence-corrected chi connectivity index (χ2v) is 2.67. The van der Waals surface area contributed by atoms with Gasteiger partial charge in [-0.2, -0.15) is 0 Å². The van der Waals surface area contributed by atoms with Crippen LogP contribution in [0.5, 0.6) is 0 Å². The van der Waals surface area contributed by atoms with E-state index >= 15 is 0 Å². The highest BCUT2D eigenvalue weighted by atomic mass is 16.3. The predicted octanol–water partition coefficient (Wildman–Crippen LogP) is 0.746. The van der Waals surface area contributed by atoms with Crippen molar-refractivity contribution in [1.82, 2.24) is 0 Å². The molecule has 0 amide bonds. The monoisotopic (exact) mass is 109 g/mol. The van der Waals surface area contributed by atoms with Crippen LogP contribution in [-0.2, 0) is 0 Å². The fourth-order valence-electron chi connectivity index (χ4n) is 1.62. The van der Waals surface area contributed by atoms with Gasteiger partial charge in [0.2, 0.25) is 12.0 Å². The molecule has 2 aliphatic carbocycles. The lowest BCUT2D eigenvalue weighted by molar-refractivity contribution is 0.136. The normalized spacial score (nSPS) is 49.9. The van der Waals surface area contributed by atoms with Crippen molar-refractivity contribution in [2.45, 2.75) is 18.9 Å². The van der Waals surface area contributed by atoms with Crippen molar-refractivity contribution >= 4 is 0 Å². The Labute approximate surface area is 49.0 Å². The summed E-state index contributed by atoms with van der Waals surface area (Å²) in [5.74, 6) is 0.847. The molecule has 0 heterocycles. The second-order valence-electron chi connectivity index (χ2n) is 2.67. The van der Waals surface area contributed by atoms with E-state index in [0.29, 0.717) is 11.8 Å². The number of aliphatic hydroxyl groups is 1. The van der Waals surface area contributed by atoms with Crippen molar-refractivity contribution in [2.75, 3.05) is 0 Å². The first-order chi connectivity index (χ1) is 3.88. The van der Waals surface area contributed by atoms with Crippen LogP contribution in [0.4, 0.5) is 0 Å². The van der Waals surface area contributed by atoms with Gasteiger partial charge in [-0.25, -0.2) is 0 Å². The minimum absolute atomic E-state index is 0.0741. The predicted molar refractivity (Wildman–Crippen MR) is 30.0 cm³/mol. The van der Waals surface area contributed by atoms with Gasteiger partial charge in [-0.15, -0.1) is 0 Å². The van der Waals surface area contributed by atoms with E-state index in [4.69, 9.17) is 0 Å². The molecule has 1 nitrogen and oxygen atoms in total. The van der Waals surface area contributed by atoms with E-state index in [2.05, 4.69) is 6.08 Å². The average molecular weight is 109 g/mol. The minimum Gasteiger partial charge on any atom is -0.387 e. The van der Waals surface area contributed by atoms with Crippen LogP contribution < -0.4 is 0 Å². The van der Waals surface area contributed by atoms with Gasteiger partial charge >= 0.3 is 0 Å². The van der Waals surface area contributed by atoms with Crippen molar-refractivity contribution < 1.29 is 5.11 Å². The lowest BCUT2D eigenvalue weighted by Crippen LogP contribution is -2.11. The fraction of sp³-hybridized carbons (Fsp3) is 0.714. The molecule has 2 rings (SSSR count). The van der Waals surface area contributed by atoms with Crippen molar-refractivity contribution in [3.8, 4) is 0 Å². The first kappa shape index (κ1) is 4.49. The Hall–Kier alpha value is -0.390. The van der Waals surface area contributed by atoms with Crippen LogP contribution in [0.15, 0.2) is 6.08 Å². The van der Waals surface area contributed by atoms with Gasteiger partial charge in [0.25, 0.3) is 0 Å². The van der Waals surface area contributed by atoms with Crippen LogP contribution in [0.25, 0.3) is 0 Å². The topological polar surface area (TPSA) is 20.2 Å². The van der Waals surface area contributed by atoms with E-state index in [1.165, 1.54) is 6.42 Å². The highest BCUT2D eigenvalue weighted by Gasteiger charge is 2.46. The molecule has 42 valence electrons. The minimum atomic E-state index is -0.0741. The summed E-state index contributed by atoms with van der Waals surface area (Å²) < 4.78 is 0. The molecule has 1 heteroatoms. The molecule has 8 heavy (non-hydrogen) atoms. The molecule has 0 aromatic rings. The third-order valence-corrected chi connectivity index (χ3v) is 2.19. The van der Waals surface area contributed by atoms with Gasteiger partial charge in [-0.1, -0.05) is 0 Å². The van der Waals surface area contributed by atoms with Crippen LogP contribution in [-0.4, -0.2) is 11.2 Å². The molecule has 0 saturated heterocycles. The highest BCUT2D eigenvalue weighted by Crippen LogP contribution is 2.38. The highest BCUT2D eigenvalue weighted by molar-refractivity contribution is 5.07. The van der Waals surface area contributed by atoms with E-state index in [0.717, 1.165) is 6.42 Å². The molecule has 1 fully saturated rings. The molecular formula is C7H9O+. The number of aliphatic hydroxyl groups excluding tert-OH is 1. The molecule has 2 aliphatic rings. The van der Waals surface area contributed by atoms with Crippen molar-refractivity contribution in [1.29, 1.82) is 0 Å². The Kier molecular flexibility index (Phi) is 0.733. The first-order valence-corrected chi connectivity index (χ1v) is 3.15. The Bertz CT molecular complexity index is 114. The van der Waals surface area contributed by atoms with Gasteiger partial charge in [0.15, 0.2) is 6.08 Å². The quantitative estimate of drug-likeness (QED) is 0.455. The van der Waals surface area contributed by atoms with Crippen LogP contribution >= 0.6 is 0 Å². The van der Waals surface area contributed by atoms with Crippen LogP contribution in [0.1, 0.15) is 12.8 Å². The second kappa shape index (κ2) is 1.31. The molecule has 0 radical (unpaired) electrons. The van der Waals surface area contributed by atoms with Gasteiger partial charge in [0.05, 0.1) is 5.92 Å². The third-order valence-electron chi connectivity index (χ3n) is 2.19. The zero-order chi connectivity index (χ0) is 5.56. The Morgan fingerprint density at radius 2 is 2.38 bits per heavy atom. The van der Waals surface area contributed by atoms with E-state index in [1.807, 2.05) is 6.08 Å². The van der Waals surface area contributed by atoms with E-state index in [-0.39, 0.29) is 6.10 Å². The number of hydrogen-bond acceptors (Lipinski definition) is 1. The third kappa shape index (κ3) is 0.384. The Morgan fingerprint density at radius 1 is 1.50 bits per heavy atom. The molecule has 0 aromatic carbocycles. The van der Waals surface area contributed by atoms with E-state index in [9.17, 15) is 5.11 Å². The molecule has 1 saturated carbocycles. The molecule has 1 N–H and O–H groups in total. The maximum atomic E-state index is 9.23. The smallest absolute Gasteiger partial charge is 0.224 e. The summed E-state index contributed by atoms with van der Waals surface area (Å²) in [7, 11) is 0. The molecule has 0 aromatic heterocycles. The summed E-state index contributed by atoms with van der Waals surface area (Å²) in [4.78, 5) is 0. The number of hydrogen-bond donors (Lipinski definition) is 1. The molecular weight excluding hydrogens is 100 g/mol. The van der Waals surface area contributed by atoms with Gasteiger partial charge in [-0.05, 0) is 6.42 Å². The summed E-state index contributed by atoms with van der Waals surface area (Å²) in [5.41, 5.74) is 0. The Morgan fingerprint density at radius 3 is 2.50 bits per heavy atom. The summed E-state index contributed by atoms with van der Waals surface area (Å²) in [6.45, 7) is 0. The summed E-state index contributed by atoms with van der Waals surface area (Å²) in [6.07, 6.45) is 7.42. The van der Waals surface area contributed by atoms with Crippen LogP contribution in [0.2, 0.25) is 0 Å². The number of fused-ring (bicyclic) bond motifs is 2. The van der Waals surface area contributed by atoms with Gasteiger partial charge in [0, 0.05) is 6.42 Å². The van der Waals surface area contributed by atoms with Crippen molar-refractivity contribution in [3.63, 3.8) is 0 Å². The van der Waals surface area contributed by atoms with Crippen molar-refractivity contribution in [3.05, 3.63) is 12.2 Å². The lowest BCUT2D eigenvalue weighted by Gasteiger charge is -1.96. The standard InChI is InChI=1S/C7H9O/c8-7-5-1-2-6(7)4-3-5/h1,5-8H,3-4H2/q+1/t5?,6?,7-/m0/s1. The zero-order valence-electron chi connectivity index (χ0n) is 4.67. The SMILES string of the molecule is O[C@@H]1C2[C+]=CC1CC2. The molecule has 3 atom stereocenters. The first-order valence-electron chi connectivity index (χ1n) is 3.15. The van der Waals surface area contributed by atoms with Gasteiger partial charge in [0.1, 0.15) is 6.10 Å². The number of rotatable bonds is 0. The average Bonchev–Trinajstić information content (AvgIpc) is 2.29. The maximum Gasteiger partial charge on any atom is 0.224 e. The molecule has 0 aliphatic heterocycles. The lowest BCUT2D eigenvalue weighted by atomic mass is 10.1. The maximum absolute atomic E-state index is 9.23. The van der Waals surface area contributed by atoms with E-state index in [1.54, 1.807) is 0 Å². The van der Waals surface area contributed by atoms with Crippen LogP contribution in [0, 0.1) is 17.9 Å². The summed E-state index contributed by atoms with van der Waals surface area (Å²) in [6, 6.07) is 0. The summed E-state index contributed by atoms with van der Waals surface area (Å²) >= 11 is 0. The van der Waals surface area contributed by atoms with E-state index < -0.39 is 0 Å². The molecule has 2 unspecified atom stereocenters. The zero-order valence-corrected chi connectivity index (χ0v) is 4.67. The summed E-state index contributed by atoms with van der Waals surface area (Å²) in [5, 5.41) is 9.23. The van der Waals surface area contributed by atoms with Gasteiger partial charge < -0.3 is 5.11 Å². The fourth-order valence-corrected chi connectivity index (χ4v) is 1.62. The van der Waals surface area contributed by atoms with Crippen molar-refractivity contribution in [2.24, 2.45) is 11.8 Å². The van der Waals surface area contributed by atoms with Crippen LogP contribution in [0.3, 0.4) is 0 Å². The molecule has 2 bridgehead atoms. The molecule has 0 spiro atoms. The largest absolute Gasteiger partial charge is 0.387 e. The van der Waals surface area contributed by atoms with Gasteiger partial charge in [-0.3, -0.25) is 0 Å². The Balaban J connectivity index is 2.27.